The SMILES string of the molecule is Cc1ccc(CC#N)cc1OCc1ccccc1. The third kappa shape index (κ3) is 3.11. The molecule has 2 nitrogen and oxygen atoms in total. The largest absolute Gasteiger partial charge is 0.489 e. The van der Waals surface area contributed by atoms with Crippen molar-refractivity contribution in [2.45, 2.75) is 20.0 Å². The van der Waals surface area contributed by atoms with Crippen LogP contribution in [0.2, 0.25) is 0 Å². The molecule has 0 aliphatic carbocycles. The molecule has 0 bridgehead atoms. The number of benzene rings is 2. The highest BCUT2D eigenvalue weighted by atomic mass is 16.5. The maximum atomic E-state index is 8.70. The Kier molecular flexibility index (Phi) is 3.98. The van der Waals surface area contributed by atoms with Crippen molar-refractivity contribution in [1.82, 2.24) is 0 Å². The molecule has 0 fully saturated rings. The van der Waals surface area contributed by atoms with Crippen LogP contribution in [0.4, 0.5) is 0 Å². The summed E-state index contributed by atoms with van der Waals surface area (Å²) < 4.78 is 5.80. The molecule has 90 valence electrons. The van der Waals surface area contributed by atoms with Crippen molar-refractivity contribution in [1.29, 1.82) is 5.26 Å². The summed E-state index contributed by atoms with van der Waals surface area (Å²) in [6, 6.07) is 18.1. The number of nitrogens with zero attached hydrogens (tertiary/aromatic N) is 1. The Morgan fingerprint density at radius 2 is 1.83 bits per heavy atom. The normalized spacial score (nSPS) is 9.78. The summed E-state index contributed by atoms with van der Waals surface area (Å²) in [7, 11) is 0. The van der Waals surface area contributed by atoms with E-state index in [1.165, 1.54) is 0 Å². The van der Waals surface area contributed by atoms with Gasteiger partial charge in [-0.05, 0) is 29.7 Å². The number of aryl methyl sites for hydroxylation is 1. The molecule has 0 N–H and O–H groups in total. The zero-order chi connectivity index (χ0) is 12.8. The minimum atomic E-state index is 0.419. The van der Waals surface area contributed by atoms with E-state index in [1.54, 1.807) is 0 Å². The summed E-state index contributed by atoms with van der Waals surface area (Å²) >= 11 is 0. The lowest BCUT2D eigenvalue weighted by Crippen LogP contribution is -1.97. The first-order valence-electron chi connectivity index (χ1n) is 5.93. The molecule has 0 heterocycles. The predicted molar refractivity (Wildman–Crippen MR) is 71.3 cm³/mol. The van der Waals surface area contributed by atoms with Crippen LogP contribution in [-0.4, -0.2) is 0 Å². The second-order valence-electron chi connectivity index (χ2n) is 4.21. The van der Waals surface area contributed by atoms with Crippen molar-refractivity contribution in [3.8, 4) is 11.8 Å². The summed E-state index contributed by atoms with van der Waals surface area (Å²) in [5, 5.41) is 8.70. The first-order chi connectivity index (χ1) is 8.79. The molecular weight excluding hydrogens is 222 g/mol. The molecule has 0 saturated carbocycles. The summed E-state index contributed by atoms with van der Waals surface area (Å²) in [6.45, 7) is 2.56. The van der Waals surface area contributed by atoms with Crippen molar-refractivity contribution in [2.24, 2.45) is 0 Å². The molecule has 2 aromatic rings. The molecule has 0 radical (unpaired) electrons. The molecule has 18 heavy (non-hydrogen) atoms. The number of nitriles is 1. The fraction of sp³-hybridized carbons (Fsp3) is 0.188. The van der Waals surface area contributed by atoms with Crippen LogP contribution in [0.5, 0.6) is 5.75 Å². The quantitative estimate of drug-likeness (QED) is 0.813. The minimum absolute atomic E-state index is 0.419. The molecular formula is C16H15NO. The van der Waals surface area contributed by atoms with Crippen molar-refractivity contribution < 1.29 is 4.74 Å². The summed E-state index contributed by atoms with van der Waals surface area (Å²) in [6.07, 6.45) is 0.419. The van der Waals surface area contributed by atoms with Gasteiger partial charge in [0.25, 0.3) is 0 Å². The summed E-state index contributed by atoms with van der Waals surface area (Å²) in [4.78, 5) is 0. The van der Waals surface area contributed by atoms with Gasteiger partial charge in [-0.25, -0.2) is 0 Å². The van der Waals surface area contributed by atoms with Gasteiger partial charge in [-0.2, -0.15) is 5.26 Å². The van der Waals surface area contributed by atoms with Crippen LogP contribution in [0, 0.1) is 18.3 Å². The van der Waals surface area contributed by atoms with Crippen molar-refractivity contribution in [3.05, 3.63) is 65.2 Å². The molecule has 2 rings (SSSR count). The molecule has 0 saturated heterocycles. The van der Waals surface area contributed by atoms with Gasteiger partial charge in [0.2, 0.25) is 0 Å². The van der Waals surface area contributed by atoms with E-state index in [9.17, 15) is 0 Å². The smallest absolute Gasteiger partial charge is 0.123 e. The standard InChI is InChI=1S/C16H15NO/c1-13-7-8-14(9-10-17)11-16(13)18-12-15-5-3-2-4-6-15/h2-8,11H,9,12H2,1H3. The molecule has 0 atom stereocenters. The first-order valence-corrected chi connectivity index (χ1v) is 5.93. The van der Waals surface area contributed by atoms with Gasteiger partial charge in [-0.3, -0.25) is 0 Å². The van der Waals surface area contributed by atoms with Gasteiger partial charge in [0.05, 0.1) is 12.5 Å². The average Bonchev–Trinajstić information content (AvgIpc) is 2.41. The Bertz CT molecular complexity index is 555. The van der Waals surface area contributed by atoms with Gasteiger partial charge in [0.1, 0.15) is 12.4 Å². The second kappa shape index (κ2) is 5.88. The lowest BCUT2D eigenvalue weighted by Gasteiger charge is -2.10. The van der Waals surface area contributed by atoms with Crippen LogP contribution >= 0.6 is 0 Å². The Labute approximate surface area is 107 Å². The molecule has 0 spiro atoms. The lowest BCUT2D eigenvalue weighted by molar-refractivity contribution is 0.304. The predicted octanol–water partition coefficient (Wildman–Crippen LogP) is 3.64. The van der Waals surface area contributed by atoms with E-state index in [4.69, 9.17) is 10.00 Å². The second-order valence-corrected chi connectivity index (χ2v) is 4.21. The van der Waals surface area contributed by atoms with Gasteiger partial charge < -0.3 is 4.74 Å². The molecule has 0 aliphatic heterocycles. The van der Waals surface area contributed by atoms with Gasteiger partial charge in [-0.15, -0.1) is 0 Å². The van der Waals surface area contributed by atoms with Crippen molar-refractivity contribution in [3.63, 3.8) is 0 Å². The first kappa shape index (κ1) is 12.2. The van der Waals surface area contributed by atoms with Crippen LogP contribution in [-0.2, 0) is 13.0 Å². The maximum Gasteiger partial charge on any atom is 0.123 e. The molecule has 0 aliphatic rings. The third-order valence-electron chi connectivity index (χ3n) is 2.77. The highest BCUT2D eigenvalue weighted by Crippen LogP contribution is 2.21. The van der Waals surface area contributed by atoms with E-state index in [2.05, 4.69) is 6.07 Å². The molecule has 0 aromatic heterocycles. The zero-order valence-electron chi connectivity index (χ0n) is 10.4. The fourth-order valence-electron chi connectivity index (χ4n) is 1.74. The van der Waals surface area contributed by atoms with Gasteiger partial charge in [0.15, 0.2) is 0 Å². The van der Waals surface area contributed by atoms with Gasteiger partial charge in [0, 0.05) is 0 Å². The number of hydrogen-bond acceptors (Lipinski definition) is 2. The van der Waals surface area contributed by atoms with E-state index in [-0.39, 0.29) is 0 Å². The van der Waals surface area contributed by atoms with E-state index in [1.807, 2.05) is 55.5 Å². The lowest BCUT2D eigenvalue weighted by atomic mass is 10.1. The van der Waals surface area contributed by atoms with E-state index < -0.39 is 0 Å². The molecule has 2 aromatic carbocycles. The Morgan fingerprint density at radius 3 is 2.56 bits per heavy atom. The monoisotopic (exact) mass is 237 g/mol. The van der Waals surface area contributed by atoms with Crippen LogP contribution in [0.15, 0.2) is 48.5 Å². The summed E-state index contributed by atoms with van der Waals surface area (Å²) in [5.41, 5.74) is 3.22. The van der Waals surface area contributed by atoms with Crippen LogP contribution in [0.1, 0.15) is 16.7 Å². The fourth-order valence-corrected chi connectivity index (χ4v) is 1.74. The van der Waals surface area contributed by atoms with Gasteiger partial charge >= 0.3 is 0 Å². The number of hydrogen-bond donors (Lipinski definition) is 0. The zero-order valence-corrected chi connectivity index (χ0v) is 10.4. The topological polar surface area (TPSA) is 33.0 Å². The van der Waals surface area contributed by atoms with Crippen LogP contribution < -0.4 is 4.74 Å². The summed E-state index contributed by atoms with van der Waals surface area (Å²) in [5.74, 6) is 0.853. The van der Waals surface area contributed by atoms with E-state index in [0.717, 1.165) is 22.4 Å². The average molecular weight is 237 g/mol. The van der Waals surface area contributed by atoms with Crippen LogP contribution in [0.25, 0.3) is 0 Å². The maximum absolute atomic E-state index is 8.70. The Balaban J connectivity index is 2.09. The third-order valence-corrected chi connectivity index (χ3v) is 2.77. The highest BCUT2D eigenvalue weighted by molar-refractivity contribution is 5.37. The number of rotatable bonds is 4. The van der Waals surface area contributed by atoms with Crippen LogP contribution in [0.3, 0.4) is 0 Å². The molecule has 0 unspecified atom stereocenters. The van der Waals surface area contributed by atoms with Crippen molar-refractivity contribution >= 4 is 0 Å². The Hall–Kier alpha value is -2.27. The van der Waals surface area contributed by atoms with Gasteiger partial charge in [-0.1, -0.05) is 42.5 Å². The molecule has 0 amide bonds. The van der Waals surface area contributed by atoms with E-state index in [0.29, 0.717) is 13.0 Å². The highest BCUT2D eigenvalue weighted by Gasteiger charge is 2.02. The molecule has 2 heteroatoms. The van der Waals surface area contributed by atoms with E-state index >= 15 is 0 Å². The number of ether oxygens (including phenoxy) is 1. The minimum Gasteiger partial charge on any atom is -0.489 e. The Morgan fingerprint density at radius 1 is 1.06 bits per heavy atom. The van der Waals surface area contributed by atoms with Crippen molar-refractivity contribution in [2.75, 3.05) is 0 Å².